The number of hydrogen-bond acceptors (Lipinski definition) is 4. The second kappa shape index (κ2) is 10.6. The summed E-state index contributed by atoms with van der Waals surface area (Å²) in [7, 11) is -1.07. The number of carbonyl (C=O) groups is 1. The highest BCUT2D eigenvalue weighted by Crippen LogP contribution is 2.28. The normalized spacial score (nSPS) is 12.2. The van der Waals surface area contributed by atoms with Crippen LogP contribution in [0.1, 0.15) is 11.1 Å². The van der Waals surface area contributed by atoms with E-state index in [1.54, 1.807) is 0 Å². The lowest BCUT2D eigenvalue weighted by atomic mass is 10.2. The average molecular weight is 414 g/mol. The number of benzene rings is 1. The Morgan fingerprint density at radius 2 is 1.71 bits per heavy atom. The van der Waals surface area contributed by atoms with E-state index in [4.69, 9.17) is 0 Å². The largest absolute Gasteiger partial charge is 0.417 e. The van der Waals surface area contributed by atoms with Crippen molar-refractivity contribution in [3.8, 4) is 0 Å². The molecule has 2 aromatic rings. The van der Waals surface area contributed by atoms with Crippen molar-refractivity contribution < 1.29 is 22.2 Å². The average Bonchev–Trinajstić information content (AvgIpc) is 2.66. The molecule has 1 atom stereocenters. The molecule has 3 N–H and O–H groups in total. The molecule has 0 aliphatic carbocycles. The molecule has 6 nitrogen and oxygen atoms in total. The van der Waals surface area contributed by atoms with Crippen LogP contribution in [0.3, 0.4) is 0 Å². The van der Waals surface area contributed by atoms with Crippen LogP contribution in [0.25, 0.3) is 0 Å². The molecule has 0 aliphatic rings. The summed E-state index contributed by atoms with van der Waals surface area (Å²) in [4.78, 5) is 15.3. The van der Waals surface area contributed by atoms with Gasteiger partial charge in [0.05, 0.1) is 5.56 Å². The van der Waals surface area contributed by atoms with Crippen molar-refractivity contribution in [1.29, 1.82) is 0 Å². The van der Waals surface area contributed by atoms with E-state index < -0.39 is 28.6 Å². The summed E-state index contributed by atoms with van der Waals surface area (Å²) in [6.07, 6.45) is -3.67. The quantitative estimate of drug-likeness (QED) is 0.551. The Morgan fingerprint density at radius 1 is 1.00 bits per heavy atom. The van der Waals surface area contributed by atoms with Crippen LogP contribution in [0, 0.1) is 0 Å². The van der Waals surface area contributed by atoms with Gasteiger partial charge in [-0.2, -0.15) is 13.2 Å². The van der Waals surface area contributed by atoms with Gasteiger partial charge in [-0.05, 0) is 17.7 Å². The molecule has 0 spiro atoms. The zero-order valence-electron chi connectivity index (χ0n) is 15.0. The number of nitrogens with one attached hydrogen (secondary N) is 3. The number of halogens is 3. The maximum absolute atomic E-state index is 12.4. The molecular weight excluding hydrogens is 393 g/mol. The summed E-state index contributed by atoms with van der Waals surface area (Å²) >= 11 is 0. The molecule has 0 saturated heterocycles. The molecule has 28 heavy (non-hydrogen) atoms. The van der Waals surface area contributed by atoms with E-state index in [0.717, 1.165) is 17.8 Å². The Balaban J connectivity index is 1.57. The topological polar surface area (TPSA) is 83.1 Å². The Morgan fingerprint density at radius 3 is 2.36 bits per heavy atom. The van der Waals surface area contributed by atoms with Gasteiger partial charge in [-0.1, -0.05) is 30.3 Å². The van der Waals surface area contributed by atoms with Gasteiger partial charge in [-0.3, -0.25) is 4.21 Å². The van der Waals surface area contributed by atoms with Crippen LogP contribution in [-0.2, 0) is 22.7 Å². The van der Waals surface area contributed by atoms with Gasteiger partial charge in [0.25, 0.3) is 0 Å². The van der Waals surface area contributed by atoms with Crippen molar-refractivity contribution in [2.75, 3.05) is 30.7 Å². The van der Waals surface area contributed by atoms with E-state index >= 15 is 0 Å². The van der Waals surface area contributed by atoms with Crippen molar-refractivity contribution in [1.82, 2.24) is 15.6 Å². The highest BCUT2D eigenvalue weighted by molar-refractivity contribution is 7.84. The summed E-state index contributed by atoms with van der Waals surface area (Å²) in [5.74, 6) is 1.07. The maximum Gasteiger partial charge on any atom is 0.417 e. The Labute approximate surface area is 163 Å². The van der Waals surface area contributed by atoms with Crippen LogP contribution in [0.4, 0.5) is 23.8 Å². The molecule has 152 valence electrons. The van der Waals surface area contributed by atoms with Gasteiger partial charge in [0.2, 0.25) is 0 Å². The van der Waals surface area contributed by atoms with Crippen LogP contribution in [0.15, 0.2) is 48.7 Å². The Hall–Kier alpha value is -2.62. The molecule has 0 aliphatic heterocycles. The number of rotatable bonds is 9. The van der Waals surface area contributed by atoms with Gasteiger partial charge in [0.1, 0.15) is 5.82 Å². The van der Waals surface area contributed by atoms with Crippen LogP contribution in [-0.4, -0.2) is 40.6 Å². The van der Waals surface area contributed by atoms with Gasteiger partial charge in [0, 0.05) is 48.1 Å². The predicted octanol–water partition coefficient (Wildman–Crippen LogP) is 2.76. The molecule has 1 heterocycles. The van der Waals surface area contributed by atoms with Crippen molar-refractivity contribution in [3.63, 3.8) is 0 Å². The second-order valence-electron chi connectivity index (χ2n) is 5.81. The monoisotopic (exact) mass is 414 g/mol. The number of hydrogen-bond donors (Lipinski definition) is 3. The zero-order chi connectivity index (χ0) is 20.4. The van der Waals surface area contributed by atoms with Crippen LogP contribution < -0.4 is 16.0 Å². The molecule has 0 bridgehead atoms. The zero-order valence-corrected chi connectivity index (χ0v) is 15.8. The van der Waals surface area contributed by atoms with Crippen LogP contribution in [0.2, 0.25) is 0 Å². The standard InChI is InChI=1S/C18H21F3N4O2S/c19-18(20,21)15-6-7-16(25-12-15)22-8-9-23-17(26)24-10-11-28(27)13-14-4-2-1-3-5-14/h1-7,12H,8-11,13H2,(H,22,25)(H2,23,24,26). The highest BCUT2D eigenvalue weighted by Gasteiger charge is 2.30. The third-order valence-electron chi connectivity index (χ3n) is 3.59. The number of anilines is 1. The number of pyridine rings is 1. The van der Waals surface area contributed by atoms with Crippen molar-refractivity contribution in [2.24, 2.45) is 0 Å². The van der Waals surface area contributed by atoms with Crippen molar-refractivity contribution in [3.05, 3.63) is 59.8 Å². The summed E-state index contributed by atoms with van der Waals surface area (Å²) in [6.45, 7) is 0.826. The number of nitrogens with zero attached hydrogens (tertiary/aromatic N) is 1. The lowest BCUT2D eigenvalue weighted by molar-refractivity contribution is -0.137. The van der Waals surface area contributed by atoms with Gasteiger partial charge in [-0.25, -0.2) is 9.78 Å². The molecular formula is C18H21F3N4O2S. The summed E-state index contributed by atoms with van der Waals surface area (Å²) in [5.41, 5.74) is 0.161. The van der Waals surface area contributed by atoms with Crippen LogP contribution >= 0.6 is 0 Å². The van der Waals surface area contributed by atoms with Crippen LogP contribution in [0.5, 0.6) is 0 Å². The molecule has 0 fully saturated rings. The van der Waals surface area contributed by atoms with Crippen molar-refractivity contribution in [2.45, 2.75) is 11.9 Å². The molecule has 1 aromatic carbocycles. The minimum absolute atomic E-state index is 0.252. The van der Waals surface area contributed by atoms with Crippen molar-refractivity contribution >= 4 is 22.6 Å². The molecule has 0 saturated carbocycles. The highest BCUT2D eigenvalue weighted by atomic mass is 32.2. The number of carbonyl (C=O) groups excluding carboxylic acids is 1. The lowest BCUT2D eigenvalue weighted by Crippen LogP contribution is -2.39. The smallest absolute Gasteiger partial charge is 0.368 e. The predicted molar refractivity (Wildman–Crippen MR) is 102 cm³/mol. The summed E-state index contributed by atoms with van der Waals surface area (Å²) in [5, 5.41) is 8.01. The van der Waals surface area contributed by atoms with Gasteiger partial charge >= 0.3 is 12.2 Å². The summed E-state index contributed by atoms with van der Waals surface area (Å²) < 4.78 is 49.3. The molecule has 1 unspecified atom stereocenters. The fourth-order valence-electron chi connectivity index (χ4n) is 2.21. The van der Waals surface area contributed by atoms with E-state index in [0.29, 0.717) is 18.1 Å². The number of alkyl halides is 3. The molecule has 10 heteroatoms. The lowest BCUT2D eigenvalue weighted by Gasteiger charge is -2.10. The second-order valence-corrected chi connectivity index (χ2v) is 7.39. The van der Waals surface area contributed by atoms with Gasteiger partial charge in [0.15, 0.2) is 0 Å². The number of urea groups is 1. The van der Waals surface area contributed by atoms with E-state index in [1.807, 2.05) is 30.3 Å². The number of amides is 2. The van der Waals surface area contributed by atoms with Gasteiger partial charge < -0.3 is 16.0 Å². The number of aromatic nitrogens is 1. The fraction of sp³-hybridized carbons (Fsp3) is 0.333. The summed E-state index contributed by atoms with van der Waals surface area (Å²) in [6, 6.07) is 11.2. The third-order valence-corrected chi connectivity index (χ3v) is 4.91. The first-order valence-corrected chi connectivity index (χ1v) is 10.0. The fourth-order valence-corrected chi connectivity index (χ4v) is 3.24. The SMILES string of the molecule is O=C(NCCNc1ccc(C(F)(F)F)cn1)NCCS(=O)Cc1ccccc1. The van der Waals surface area contributed by atoms with E-state index in [1.165, 1.54) is 6.07 Å². The minimum atomic E-state index is -4.42. The first-order valence-electron chi connectivity index (χ1n) is 8.52. The molecule has 2 rings (SSSR count). The maximum atomic E-state index is 12.4. The molecule has 0 radical (unpaired) electrons. The molecule has 1 aromatic heterocycles. The molecule has 2 amide bonds. The van der Waals surface area contributed by atoms with E-state index in [9.17, 15) is 22.2 Å². The van der Waals surface area contributed by atoms with E-state index in [2.05, 4.69) is 20.9 Å². The van der Waals surface area contributed by atoms with E-state index in [-0.39, 0.29) is 18.9 Å². The third kappa shape index (κ3) is 7.95. The minimum Gasteiger partial charge on any atom is -0.368 e. The first-order chi connectivity index (χ1) is 13.3. The Kier molecular flexibility index (Phi) is 8.24. The Bertz CT molecular complexity index is 771. The van der Waals surface area contributed by atoms with Gasteiger partial charge in [-0.15, -0.1) is 0 Å². The first kappa shape index (κ1) is 21.7.